The summed E-state index contributed by atoms with van der Waals surface area (Å²) in [6, 6.07) is 11.8. The quantitative estimate of drug-likeness (QED) is 0.746. The molecule has 0 fully saturated rings. The average Bonchev–Trinajstić information content (AvgIpc) is 2.65. The summed E-state index contributed by atoms with van der Waals surface area (Å²) in [5.74, 6) is -0.461. The van der Waals surface area contributed by atoms with Crippen LogP contribution in [0.5, 0.6) is 5.75 Å². The van der Waals surface area contributed by atoms with Crippen molar-refractivity contribution in [1.29, 1.82) is 0 Å². The minimum Gasteiger partial charge on any atom is -0.482 e. The van der Waals surface area contributed by atoms with Crippen molar-refractivity contribution in [2.45, 2.75) is 19.2 Å². The molecule has 0 saturated heterocycles. The fraction of sp³-hybridized carbons (Fsp3) is 0.263. The molecule has 1 aliphatic heterocycles. The number of fused-ring (bicyclic) bond motifs is 1. The van der Waals surface area contributed by atoms with Crippen molar-refractivity contribution in [1.82, 2.24) is 0 Å². The van der Waals surface area contributed by atoms with E-state index in [0.29, 0.717) is 11.4 Å². The van der Waals surface area contributed by atoms with Crippen LogP contribution < -0.4 is 9.64 Å². The van der Waals surface area contributed by atoms with Crippen molar-refractivity contribution >= 4 is 17.6 Å². The van der Waals surface area contributed by atoms with Crippen LogP contribution in [-0.4, -0.2) is 25.0 Å². The van der Waals surface area contributed by atoms with Crippen LogP contribution in [0, 0.1) is 0 Å². The monoisotopic (exact) mass is 379 g/mol. The maximum absolute atomic E-state index is 13.0. The van der Waals surface area contributed by atoms with E-state index in [1.54, 1.807) is 24.3 Å². The maximum Gasteiger partial charge on any atom is 0.416 e. The summed E-state index contributed by atoms with van der Waals surface area (Å²) in [4.78, 5) is 25.4. The lowest BCUT2D eigenvalue weighted by atomic mass is 10.1. The van der Waals surface area contributed by atoms with Gasteiger partial charge in [-0.1, -0.05) is 30.3 Å². The van der Waals surface area contributed by atoms with Crippen molar-refractivity contribution in [2.75, 3.05) is 18.1 Å². The SMILES string of the molecule is O=C(CCN1C(=O)COc2ccccc21)OCc1ccccc1C(F)(F)F. The van der Waals surface area contributed by atoms with Gasteiger partial charge in [-0.2, -0.15) is 13.2 Å². The molecule has 3 rings (SSSR count). The highest BCUT2D eigenvalue weighted by Gasteiger charge is 2.33. The fourth-order valence-electron chi connectivity index (χ4n) is 2.76. The molecular formula is C19H16F3NO4. The van der Waals surface area contributed by atoms with Crippen LogP contribution in [0.3, 0.4) is 0 Å². The number of halogens is 3. The zero-order chi connectivity index (χ0) is 19.4. The lowest BCUT2D eigenvalue weighted by Crippen LogP contribution is -2.40. The van der Waals surface area contributed by atoms with Crippen molar-refractivity contribution in [3.05, 3.63) is 59.7 Å². The van der Waals surface area contributed by atoms with Crippen LogP contribution in [0.25, 0.3) is 0 Å². The number of amides is 1. The zero-order valence-corrected chi connectivity index (χ0v) is 14.2. The van der Waals surface area contributed by atoms with Crippen LogP contribution in [-0.2, 0) is 27.1 Å². The molecule has 2 aromatic carbocycles. The summed E-state index contributed by atoms with van der Waals surface area (Å²) in [5, 5.41) is 0. The van der Waals surface area contributed by atoms with Gasteiger partial charge in [-0.15, -0.1) is 0 Å². The summed E-state index contributed by atoms with van der Waals surface area (Å²) in [5.41, 5.74) is -0.412. The summed E-state index contributed by atoms with van der Waals surface area (Å²) in [6.07, 6.45) is -4.67. The minimum atomic E-state index is -4.52. The number of alkyl halides is 3. The van der Waals surface area contributed by atoms with E-state index in [1.165, 1.54) is 23.1 Å². The molecule has 0 bridgehead atoms. The van der Waals surface area contributed by atoms with E-state index >= 15 is 0 Å². The first-order chi connectivity index (χ1) is 12.9. The largest absolute Gasteiger partial charge is 0.482 e. The molecule has 0 unspecified atom stereocenters. The number of carbonyl (C=O) groups excluding carboxylic acids is 2. The van der Waals surface area contributed by atoms with Gasteiger partial charge >= 0.3 is 12.1 Å². The highest BCUT2D eigenvalue weighted by Crippen LogP contribution is 2.33. The second kappa shape index (κ2) is 7.69. The lowest BCUT2D eigenvalue weighted by molar-refractivity contribution is -0.147. The van der Waals surface area contributed by atoms with E-state index < -0.39 is 24.3 Å². The number of hydrogen-bond acceptors (Lipinski definition) is 4. The Morgan fingerprint density at radius 2 is 1.81 bits per heavy atom. The Hall–Kier alpha value is -3.03. The van der Waals surface area contributed by atoms with E-state index in [2.05, 4.69) is 0 Å². The molecule has 1 heterocycles. The average molecular weight is 379 g/mol. The molecule has 1 aliphatic rings. The Kier molecular flexibility index (Phi) is 5.34. The molecule has 5 nitrogen and oxygen atoms in total. The molecule has 27 heavy (non-hydrogen) atoms. The van der Waals surface area contributed by atoms with Gasteiger partial charge in [0, 0.05) is 12.1 Å². The third-order valence-corrected chi connectivity index (χ3v) is 4.06. The summed E-state index contributed by atoms with van der Waals surface area (Å²) < 4.78 is 49.1. The van der Waals surface area contributed by atoms with Crippen LogP contribution in [0.15, 0.2) is 48.5 Å². The minimum absolute atomic E-state index is 0.0545. The molecule has 0 spiro atoms. The van der Waals surface area contributed by atoms with E-state index in [1.807, 2.05) is 0 Å². The molecule has 142 valence electrons. The number of esters is 1. The first-order valence-corrected chi connectivity index (χ1v) is 8.19. The molecule has 8 heteroatoms. The third-order valence-electron chi connectivity index (χ3n) is 4.06. The number of para-hydroxylation sites is 2. The third kappa shape index (κ3) is 4.39. The number of rotatable bonds is 5. The highest BCUT2D eigenvalue weighted by molar-refractivity contribution is 5.98. The summed E-state index contributed by atoms with van der Waals surface area (Å²) in [6.45, 7) is -0.563. The number of ether oxygens (including phenoxy) is 2. The van der Waals surface area contributed by atoms with E-state index in [4.69, 9.17) is 9.47 Å². The maximum atomic E-state index is 13.0. The van der Waals surface area contributed by atoms with Gasteiger partial charge in [-0.25, -0.2) is 0 Å². The van der Waals surface area contributed by atoms with E-state index in [9.17, 15) is 22.8 Å². The van der Waals surface area contributed by atoms with Crippen molar-refractivity contribution in [2.24, 2.45) is 0 Å². The molecule has 0 aliphatic carbocycles. The van der Waals surface area contributed by atoms with Gasteiger partial charge in [0.2, 0.25) is 0 Å². The van der Waals surface area contributed by atoms with Crippen molar-refractivity contribution < 1.29 is 32.2 Å². The number of anilines is 1. The zero-order valence-electron chi connectivity index (χ0n) is 14.2. The molecule has 0 atom stereocenters. The standard InChI is InChI=1S/C19H16F3NO4/c20-19(21,22)14-6-2-1-5-13(14)11-27-18(25)9-10-23-15-7-3-4-8-16(15)26-12-17(23)24/h1-8H,9-12H2. The van der Waals surface area contributed by atoms with Gasteiger partial charge in [0.15, 0.2) is 6.61 Å². The Bertz CT molecular complexity index is 851. The van der Waals surface area contributed by atoms with E-state index in [-0.39, 0.29) is 31.0 Å². The van der Waals surface area contributed by atoms with Crippen molar-refractivity contribution in [3.63, 3.8) is 0 Å². The fourth-order valence-corrected chi connectivity index (χ4v) is 2.76. The number of carbonyl (C=O) groups is 2. The van der Waals surface area contributed by atoms with Gasteiger partial charge in [0.1, 0.15) is 12.4 Å². The molecule has 2 aromatic rings. The molecule has 1 amide bonds. The van der Waals surface area contributed by atoms with Gasteiger partial charge in [-0.05, 0) is 18.2 Å². The molecule has 0 radical (unpaired) electrons. The first kappa shape index (κ1) is 18.8. The van der Waals surface area contributed by atoms with Crippen LogP contribution >= 0.6 is 0 Å². The number of hydrogen-bond donors (Lipinski definition) is 0. The van der Waals surface area contributed by atoms with Gasteiger partial charge in [-0.3, -0.25) is 9.59 Å². The topological polar surface area (TPSA) is 55.8 Å². The van der Waals surface area contributed by atoms with Crippen LogP contribution in [0.2, 0.25) is 0 Å². The Morgan fingerprint density at radius 1 is 1.11 bits per heavy atom. The second-order valence-electron chi connectivity index (χ2n) is 5.87. The Labute approximate surface area is 153 Å². The highest BCUT2D eigenvalue weighted by atomic mass is 19.4. The van der Waals surface area contributed by atoms with Gasteiger partial charge in [0.25, 0.3) is 5.91 Å². The Morgan fingerprint density at radius 3 is 2.59 bits per heavy atom. The predicted octanol–water partition coefficient (Wildman–Crippen LogP) is 3.56. The molecular weight excluding hydrogens is 363 g/mol. The normalized spacial score (nSPS) is 13.7. The van der Waals surface area contributed by atoms with Crippen LogP contribution in [0.1, 0.15) is 17.5 Å². The number of nitrogens with zero attached hydrogens (tertiary/aromatic N) is 1. The predicted molar refractivity (Wildman–Crippen MR) is 90.1 cm³/mol. The smallest absolute Gasteiger partial charge is 0.416 e. The first-order valence-electron chi connectivity index (χ1n) is 8.19. The van der Waals surface area contributed by atoms with Gasteiger partial charge < -0.3 is 14.4 Å². The number of benzene rings is 2. The van der Waals surface area contributed by atoms with E-state index in [0.717, 1.165) is 6.07 Å². The molecule has 0 saturated carbocycles. The van der Waals surface area contributed by atoms with Gasteiger partial charge in [0.05, 0.1) is 17.7 Å². The molecule has 0 aromatic heterocycles. The Balaban J connectivity index is 1.59. The summed E-state index contributed by atoms with van der Waals surface area (Å²) >= 11 is 0. The summed E-state index contributed by atoms with van der Waals surface area (Å²) in [7, 11) is 0. The second-order valence-corrected chi connectivity index (χ2v) is 5.87. The van der Waals surface area contributed by atoms with Crippen molar-refractivity contribution in [3.8, 4) is 5.75 Å². The van der Waals surface area contributed by atoms with Crippen LogP contribution in [0.4, 0.5) is 18.9 Å². The lowest BCUT2D eigenvalue weighted by Gasteiger charge is -2.29. The molecule has 0 N–H and O–H groups in total.